The maximum absolute atomic E-state index is 11.0. The van der Waals surface area contributed by atoms with E-state index in [0.717, 1.165) is 0 Å². The van der Waals surface area contributed by atoms with Gasteiger partial charge in [0.15, 0.2) is 0 Å². The van der Waals surface area contributed by atoms with Gasteiger partial charge in [-0.25, -0.2) is 4.79 Å². The number of halogens is 2. The van der Waals surface area contributed by atoms with Gasteiger partial charge in [0.2, 0.25) is 0 Å². The molecular weight excluding hydrogens is 118 g/mol. The number of carbonyl (C=O) groups is 1. The molecule has 47 valence electrons. The van der Waals surface area contributed by atoms with E-state index in [4.69, 9.17) is 0 Å². The summed E-state index contributed by atoms with van der Waals surface area (Å²) >= 11 is 0. The van der Waals surface area contributed by atoms with Crippen LogP contribution in [0.3, 0.4) is 0 Å². The second kappa shape index (κ2) is 3.17. The highest BCUT2D eigenvalue weighted by atomic mass is 19.3. The number of hydrogen-bond donors (Lipinski definition) is 1. The van der Waals surface area contributed by atoms with E-state index < -0.39 is 12.6 Å². The predicted octanol–water partition coefficient (Wildman–Crippen LogP) is 0.153. The number of alkyl halides is 2. The standard InChI is InChI=1S/C3H5F2N2O/c1-6-3(8)7-2(4)5/h2H,1H3,(H,6,8). The van der Waals surface area contributed by atoms with Gasteiger partial charge in [0.1, 0.15) is 0 Å². The fraction of sp³-hybridized carbons (Fsp3) is 0.667. The first-order valence-corrected chi connectivity index (χ1v) is 1.87. The molecule has 0 saturated heterocycles. The molecule has 0 aliphatic heterocycles. The summed E-state index contributed by atoms with van der Waals surface area (Å²) in [5.74, 6) is 0. The average Bonchev–Trinajstić information content (AvgIpc) is 1.65. The van der Waals surface area contributed by atoms with Gasteiger partial charge in [-0.3, -0.25) is 0 Å². The van der Waals surface area contributed by atoms with Crippen molar-refractivity contribution < 1.29 is 13.6 Å². The molecular formula is C3H5F2N2O. The van der Waals surface area contributed by atoms with E-state index in [1.807, 2.05) is 5.32 Å². The van der Waals surface area contributed by atoms with Crippen LogP contribution in [0.15, 0.2) is 0 Å². The van der Waals surface area contributed by atoms with Crippen LogP contribution in [0.1, 0.15) is 0 Å². The lowest BCUT2D eigenvalue weighted by atomic mass is 10.9. The molecule has 3 nitrogen and oxygen atoms in total. The van der Waals surface area contributed by atoms with Gasteiger partial charge in [0, 0.05) is 7.05 Å². The molecule has 8 heavy (non-hydrogen) atoms. The highest BCUT2D eigenvalue weighted by molar-refractivity contribution is 5.73. The zero-order valence-electron chi connectivity index (χ0n) is 4.19. The molecule has 0 aromatic carbocycles. The Morgan fingerprint density at radius 2 is 2.25 bits per heavy atom. The zero-order chi connectivity index (χ0) is 6.57. The Bertz CT molecular complexity index is 85.4. The third-order valence-corrected chi connectivity index (χ3v) is 0.429. The Morgan fingerprint density at radius 1 is 1.75 bits per heavy atom. The van der Waals surface area contributed by atoms with E-state index in [0.29, 0.717) is 0 Å². The minimum absolute atomic E-state index is 1.00. The Hall–Kier alpha value is -0.870. The van der Waals surface area contributed by atoms with Crippen molar-refractivity contribution in [3.63, 3.8) is 0 Å². The van der Waals surface area contributed by atoms with Gasteiger partial charge in [0.25, 0.3) is 0 Å². The summed E-state index contributed by atoms with van der Waals surface area (Å²) in [6.07, 6.45) is 0. The molecule has 0 atom stereocenters. The van der Waals surface area contributed by atoms with E-state index in [9.17, 15) is 13.6 Å². The molecule has 0 aromatic heterocycles. The summed E-state index contributed by atoms with van der Waals surface area (Å²) in [6.45, 7) is -2.91. The van der Waals surface area contributed by atoms with Crippen LogP contribution >= 0.6 is 0 Å². The zero-order valence-corrected chi connectivity index (χ0v) is 4.19. The van der Waals surface area contributed by atoms with Crippen molar-refractivity contribution in [1.82, 2.24) is 10.6 Å². The minimum atomic E-state index is -2.91. The van der Waals surface area contributed by atoms with Crippen LogP contribution in [0.2, 0.25) is 0 Å². The molecule has 0 heterocycles. The monoisotopic (exact) mass is 123 g/mol. The molecule has 0 aliphatic carbocycles. The first-order chi connectivity index (χ1) is 3.66. The van der Waals surface area contributed by atoms with Crippen molar-refractivity contribution in [3.8, 4) is 0 Å². The van der Waals surface area contributed by atoms with Crippen molar-refractivity contribution in [2.45, 2.75) is 6.55 Å². The van der Waals surface area contributed by atoms with Gasteiger partial charge < -0.3 is 5.32 Å². The van der Waals surface area contributed by atoms with Crippen molar-refractivity contribution in [2.24, 2.45) is 0 Å². The topological polar surface area (TPSA) is 43.2 Å². The Kier molecular flexibility index (Phi) is 2.83. The summed E-state index contributed by atoms with van der Waals surface area (Å²) < 4.78 is 22.1. The Labute approximate surface area is 45.1 Å². The van der Waals surface area contributed by atoms with Crippen LogP contribution in [0.4, 0.5) is 13.6 Å². The molecule has 0 rings (SSSR count). The van der Waals surface area contributed by atoms with E-state index in [2.05, 4.69) is 5.32 Å². The minimum Gasteiger partial charge on any atom is -0.339 e. The van der Waals surface area contributed by atoms with Crippen LogP contribution in [0.5, 0.6) is 0 Å². The van der Waals surface area contributed by atoms with Gasteiger partial charge in [0.05, 0.1) is 0 Å². The maximum Gasteiger partial charge on any atom is 0.341 e. The average molecular weight is 123 g/mol. The highest BCUT2D eigenvalue weighted by Gasteiger charge is 2.06. The number of nitrogens with one attached hydrogen (secondary N) is 1. The lowest BCUT2D eigenvalue weighted by Crippen LogP contribution is -2.29. The van der Waals surface area contributed by atoms with Gasteiger partial charge in [-0.05, 0) is 0 Å². The lowest BCUT2D eigenvalue weighted by molar-refractivity contribution is 0.112. The first-order valence-electron chi connectivity index (χ1n) is 1.87. The molecule has 2 amide bonds. The Morgan fingerprint density at radius 3 is 2.38 bits per heavy atom. The SMILES string of the molecule is CNC(=O)[N]C(F)F. The van der Waals surface area contributed by atoms with Crippen LogP contribution in [0.25, 0.3) is 0 Å². The number of rotatable bonds is 1. The third-order valence-electron chi connectivity index (χ3n) is 0.429. The van der Waals surface area contributed by atoms with Crippen LogP contribution in [-0.2, 0) is 0 Å². The summed E-state index contributed by atoms with van der Waals surface area (Å²) in [4.78, 5) is 9.86. The van der Waals surface area contributed by atoms with Crippen molar-refractivity contribution >= 4 is 6.03 Å². The molecule has 0 aromatic rings. The van der Waals surface area contributed by atoms with Crippen molar-refractivity contribution in [2.75, 3.05) is 7.05 Å². The van der Waals surface area contributed by atoms with Crippen molar-refractivity contribution in [1.29, 1.82) is 0 Å². The fourth-order valence-corrected chi connectivity index (χ4v) is 0.153. The second-order valence-corrected chi connectivity index (χ2v) is 0.962. The van der Waals surface area contributed by atoms with Crippen LogP contribution in [0, 0.1) is 0 Å². The molecule has 5 heteroatoms. The molecule has 0 fully saturated rings. The van der Waals surface area contributed by atoms with E-state index in [1.54, 1.807) is 0 Å². The largest absolute Gasteiger partial charge is 0.341 e. The summed E-state index contributed by atoms with van der Waals surface area (Å²) in [6, 6.07) is -1.00. The quantitative estimate of drug-likeness (QED) is 0.495. The highest BCUT2D eigenvalue weighted by Crippen LogP contribution is 1.85. The predicted molar refractivity (Wildman–Crippen MR) is 22.6 cm³/mol. The molecule has 0 unspecified atom stereocenters. The number of carbonyl (C=O) groups excluding carboxylic acids is 1. The number of amides is 2. The molecule has 0 saturated carbocycles. The molecule has 0 aliphatic rings. The van der Waals surface area contributed by atoms with Gasteiger partial charge in [-0.2, -0.15) is 14.1 Å². The van der Waals surface area contributed by atoms with E-state index >= 15 is 0 Å². The van der Waals surface area contributed by atoms with E-state index in [-0.39, 0.29) is 0 Å². The van der Waals surface area contributed by atoms with Crippen LogP contribution in [-0.4, -0.2) is 19.6 Å². The Balaban J connectivity index is 3.25. The normalized spacial score (nSPS) is 9.00. The summed E-state index contributed by atoms with van der Waals surface area (Å²) in [5.41, 5.74) is 0. The molecule has 1 N–H and O–H groups in total. The second-order valence-electron chi connectivity index (χ2n) is 0.962. The van der Waals surface area contributed by atoms with Gasteiger partial charge in [-0.15, -0.1) is 0 Å². The fourth-order valence-electron chi connectivity index (χ4n) is 0.153. The number of nitrogens with zero attached hydrogens (tertiary/aromatic N) is 1. The smallest absolute Gasteiger partial charge is 0.339 e. The van der Waals surface area contributed by atoms with Gasteiger partial charge in [-0.1, -0.05) is 0 Å². The van der Waals surface area contributed by atoms with Crippen LogP contribution < -0.4 is 10.6 Å². The maximum atomic E-state index is 11.0. The van der Waals surface area contributed by atoms with Gasteiger partial charge >= 0.3 is 12.6 Å². The van der Waals surface area contributed by atoms with E-state index in [1.165, 1.54) is 7.05 Å². The number of urea groups is 1. The third kappa shape index (κ3) is 3.32. The molecule has 0 bridgehead atoms. The number of hydrogen-bond acceptors (Lipinski definition) is 1. The molecule has 1 radical (unpaired) electrons. The first kappa shape index (κ1) is 7.13. The van der Waals surface area contributed by atoms with Crippen molar-refractivity contribution in [3.05, 3.63) is 0 Å². The lowest BCUT2D eigenvalue weighted by Gasteiger charge is -1.95. The summed E-state index contributed by atoms with van der Waals surface area (Å²) in [5, 5.41) is 4.22. The molecule has 0 spiro atoms. The summed E-state index contributed by atoms with van der Waals surface area (Å²) in [7, 11) is 1.23.